The van der Waals surface area contributed by atoms with Crippen molar-refractivity contribution in [2.45, 2.75) is 31.9 Å². The standard InChI is InChI=1S/C16H27N5O3/c1-19(2)15(22)21-7-5-16(6-8-21)9-12(20(3)11-16)14-17-13(10-23-4)24-18-14/h12H,5-11H2,1-4H3. The van der Waals surface area contributed by atoms with Crippen LogP contribution in [0, 0.1) is 5.41 Å². The van der Waals surface area contributed by atoms with Crippen molar-refractivity contribution < 1.29 is 14.1 Å². The lowest BCUT2D eigenvalue weighted by Crippen LogP contribution is -2.47. The molecule has 1 unspecified atom stereocenters. The molecule has 1 spiro atoms. The van der Waals surface area contributed by atoms with Crippen molar-refractivity contribution in [1.29, 1.82) is 0 Å². The zero-order valence-corrected chi connectivity index (χ0v) is 15.0. The van der Waals surface area contributed by atoms with Gasteiger partial charge >= 0.3 is 6.03 Å². The highest BCUT2D eigenvalue weighted by Gasteiger charge is 2.46. The first kappa shape index (κ1) is 17.2. The molecule has 8 heteroatoms. The fourth-order valence-electron chi connectivity index (χ4n) is 3.96. The average molecular weight is 337 g/mol. The Balaban J connectivity index is 1.64. The summed E-state index contributed by atoms with van der Waals surface area (Å²) in [7, 11) is 7.34. The summed E-state index contributed by atoms with van der Waals surface area (Å²) in [5, 5.41) is 4.13. The first-order valence-electron chi connectivity index (χ1n) is 8.42. The van der Waals surface area contributed by atoms with Gasteiger partial charge in [-0.1, -0.05) is 5.16 Å². The van der Waals surface area contributed by atoms with E-state index in [-0.39, 0.29) is 17.5 Å². The molecule has 3 rings (SSSR count). The molecule has 2 aliphatic heterocycles. The molecular weight excluding hydrogens is 310 g/mol. The molecule has 0 aliphatic carbocycles. The van der Waals surface area contributed by atoms with E-state index in [0.29, 0.717) is 12.5 Å². The van der Waals surface area contributed by atoms with Crippen LogP contribution in [0.5, 0.6) is 0 Å². The smallest absolute Gasteiger partial charge is 0.319 e. The van der Waals surface area contributed by atoms with Crippen LogP contribution in [-0.2, 0) is 11.3 Å². The quantitative estimate of drug-likeness (QED) is 0.829. The topological polar surface area (TPSA) is 74.9 Å². The highest BCUT2D eigenvalue weighted by Crippen LogP contribution is 2.47. The largest absolute Gasteiger partial charge is 0.375 e. The van der Waals surface area contributed by atoms with E-state index in [1.807, 2.05) is 4.90 Å². The number of nitrogens with zero attached hydrogens (tertiary/aromatic N) is 5. The van der Waals surface area contributed by atoms with Crippen molar-refractivity contribution in [2.75, 3.05) is 47.9 Å². The maximum absolute atomic E-state index is 12.1. The summed E-state index contributed by atoms with van der Waals surface area (Å²) in [6, 6.07) is 0.283. The third kappa shape index (κ3) is 3.25. The predicted octanol–water partition coefficient (Wildman–Crippen LogP) is 1.36. The maximum atomic E-state index is 12.1. The molecule has 3 heterocycles. The van der Waals surface area contributed by atoms with Crippen molar-refractivity contribution in [3.8, 4) is 0 Å². The van der Waals surface area contributed by atoms with E-state index in [2.05, 4.69) is 22.1 Å². The van der Waals surface area contributed by atoms with Gasteiger partial charge in [0.2, 0.25) is 0 Å². The third-order valence-corrected chi connectivity index (χ3v) is 5.27. The number of piperidine rings is 1. The number of rotatable bonds is 3. The van der Waals surface area contributed by atoms with E-state index in [0.717, 1.165) is 44.7 Å². The number of hydrogen-bond donors (Lipinski definition) is 0. The van der Waals surface area contributed by atoms with Crippen LogP contribution in [0.15, 0.2) is 4.52 Å². The van der Waals surface area contributed by atoms with Crippen LogP contribution in [0.1, 0.15) is 37.0 Å². The SMILES string of the molecule is COCc1nc(C2CC3(CCN(C(=O)N(C)C)CC3)CN2C)no1. The summed E-state index contributed by atoms with van der Waals surface area (Å²) >= 11 is 0. The van der Waals surface area contributed by atoms with Crippen LogP contribution in [0.4, 0.5) is 4.79 Å². The minimum atomic E-state index is 0.107. The molecule has 0 radical (unpaired) electrons. The number of likely N-dealkylation sites (tertiary alicyclic amines) is 2. The second-order valence-electron chi connectivity index (χ2n) is 7.28. The van der Waals surface area contributed by atoms with E-state index >= 15 is 0 Å². The summed E-state index contributed by atoms with van der Waals surface area (Å²) in [6.45, 7) is 2.99. The van der Waals surface area contributed by atoms with E-state index in [1.54, 1.807) is 26.1 Å². The summed E-state index contributed by atoms with van der Waals surface area (Å²) in [4.78, 5) is 22.5. The highest BCUT2D eigenvalue weighted by atomic mass is 16.5. The number of methoxy groups -OCH3 is 1. The van der Waals surface area contributed by atoms with Gasteiger partial charge in [-0.15, -0.1) is 0 Å². The third-order valence-electron chi connectivity index (χ3n) is 5.27. The van der Waals surface area contributed by atoms with Gasteiger partial charge in [0.05, 0.1) is 6.04 Å². The molecule has 134 valence electrons. The van der Waals surface area contributed by atoms with E-state index in [9.17, 15) is 4.79 Å². The molecule has 2 fully saturated rings. The van der Waals surface area contributed by atoms with Crippen molar-refractivity contribution in [2.24, 2.45) is 5.41 Å². The van der Waals surface area contributed by atoms with Gasteiger partial charge in [-0.25, -0.2) is 4.79 Å². The second kappa shape index (κ2) is 6.68. The van der Waals surface area contributed by atoms with Crippen molar-refractivity contribution >= 4 is 6.03 Å². The van der Waals surface area contributed by atoms with Crippen molar-refractivity contribution in [1.82, 2.24) is 24.8 Å². The molecule has 0 aromatic carbocycles. The minimum Gasteiger partial charge on any atom is -0.375 e. The number of carbonyl (C=O) groups excluding carboxylic acids is 1. The molecule has 0 saturated carbocycles. The molecule has 1 aromatic rings. The van der Waals surface area contributed by atoms with E-state index in [4.69, 9.17) is 9.26 Å². The Kier molecular flexibility index (Phi) is 4.78. The molecular formula is C16H27N5O3. The molecule has 1 aromatic heterocycles. The number of urea groups is 1. The van der Waals surface area contributed by atoms with Crippen LogP contribution in [0.25, 0.3) is 0 Å². The fraction of sp³-hybridized carbons (Fsp3) is 0.812. The lowest BCUT2D eigenvalue weighted by Gasteiger charge is -2.40. The maximum Gasteiger partial charge on any atom is 0.319 e. The number of hydrogen-bond acceptors (Lipinski definition) is 6. The van der Waals surface area contributed by atoms with Crippen LogP contribution < -0.4 is 0 Å². The zero-order valence-electron chi connectivity index (χ0n) is 15.0. The lowest BCUT2D eigenvalue weighted by molar-refractivity contribution is 0.109. The van der Waals surface area contributed by atoms with Gasteiger partial charge in [-0.2, -0.15) is 4.98 Å². The number of aromatic nitrogens is 2. The molecule has 2 amide bonds. The molecule has 0 N–H and O–H groups in total. The predicted molar refractivity (Wildman–Crippen MR) is 87.3 cm³/mol. The summed E-state index contributed by atoms with van der Waals surface area (Å²) in [5.74, 6) is 1.27. The van der Waals surface area contributed by atoms with Gasteiger partial charge in [0, 0.05) is 40.8 Å². The van der Waals surface area contributed by atoms with Gasteiger partial charge in [-0.3, -0.25) is 4.90 Å². The Hall–Kier alpha value is -1.67. The normalized spacial score (nSPS) is 23.8. The van der Waals surface area contributed by atoms with Gasteiger partial charge in [0.1, 0.15) is 6.61 Å². The van der Waals surface area contributed by atoms with Gasteiger partial charge in [0.25, 0.3) is 5.89 Å². The van der Waals surface area contributed by atoms with E-state index in [1.165, 1.54) is 0 Å². The zero-order chi connectivity index (χ0) is 17.3. The molecule has 2 saturated heterocycles. The molecule has 2 aliphatic rings. The fourth-order valence-corrected chi connectivity index (χ4v) is 3.96. The Morgan fingerprint density at radius 2 is 2.12 bits per heavy atom. The average Bonchev–Trinajstić information content (AvgIpc) is 3.13. The minimum absolute atomic E-state index is 0.107. The Bertz CT molecular complexity index is 580. The Morgan fingerprint density at radius 3 is 2.75 bits per heavy atom. The van der Waals surface area contributed by atoms with Gasteiger partial charge < -0.3 is 19.1 Å². The first-order chi connectivity index (χ1) is 11.4. The Morgan fingerprint density at radius 1 is 1.42 bits per heavy atom. The summed E-state index contributed by atoms with van der Waals surface area (Å²) in [6.07, 6.45) is 3.06. The number of amides is 2. The number of carbonyl (C=O) groups is 1. The summed E-state index contributed by atoms with van der Waals surface area (Å²) in [5.41, 5.74) is 0.241. The molecule has 8 nitrogen and oxygen atoms in total. The molecule has 24 heavy (non-hydrogen) atoms. The van der Waals surface area contributed by atoms with Crippen LogP contribution in [-0.4, -0.2) is 78.8 Å². The van der Waals surface area contributed by atoms with Crippen LogP contribution in [0.2, 0.25) is 0 Å². The van der Waals surface area contributed by atoms with Crippen molar-refractivity contribution in [3.63, 3.8) is 0 Å². The number of ether oxygens (including phenoxy) is 1. The first-order valence-corrected chi connectivity index (χ1v) is 8.42. The molecule has 1 atom stereocenters. The van der Waals surface area contributed by atoms with Gasteiger partial charge in [-0.05, 0) is 31.7 Å². The van der Waals surface area contributed by atoms with Crippen LogP contribution >= 0.6 is 0 Å². The highest BCUT2D eigenvalue weighted by molar-refractivity contribution is 5.73. The van der Waals surface area contributed by atoms with E-state index < -0.39 is 0 Å². The Labute approximate surface area is 142 Å². The molecule has 0 bridgehead atoms. The second-order valence-corrected chi connectivity index (χ2v) is 7.28. The lowest BCUT2D eigenvalue weighted by atomic mass is 9.76. The van der Waals surface area contributed by atoms with Crippen LogP contribution in [0.3, 0.4) is 0 Å². The monoisotopic (exact) mass is 337 g/mol. The van der Waals surface area contributed by atoms with Crippen molar-refractivity contribution in [3.05, 3.63) is 11.7 Å². The summed E-state index contributed by atoms with van der Waals surface area (Å²) < 4.78 is 10.3. The van der Waals surface area contributed by atoms with Gasteiger partial charge in [0.15, 0.2) is 5.82 Å².